The number of thiazole rings is 1. The molecule has 2 heterocycles. The first-order valence-corrected chi connectivity index (χ1v) is 5.63. The molecule has 2 rings (SSSR count). The molecule has 0 aromatic carbocycles. The maximum atomic E-state index is 11.6. The van der Waals surface area contributed by atoms with Crippen molar-refractivity contribution in [1.29, 1.82) is 0 Å². The molecule has 0 radical (unpaired) electrons. The molecule has 0 unspecified atom stereocenters. The zero-order chi connectivity index (χ0) is 11.5. The van der Waals surface area contributed by atoms with E-state index in [0.717, 1.165) is 10.6 Å². The van der Waals surface area contributed by atoms with Crippen LogP contribution in [0, 0.1) is 6.92 Å². The van der Waals surface area contributed by atoms with Gasteiger partial charge in [0.25, 0.3) is 0 Å². The van der Waals surface area contributed by atoms with Gasteiger partial charge in [0.2, 0.25) is 0 Å². The zero-order valence-electron chi connectivity index (χ0n) is 8.89. The summed E-state index contributed by atoms with van der Waals surface area (Å²) in [5, 5.41) is 0. The Labute approximate surface area is 96.1 Å². The number of esters is 1. The second kappa shape index (κ2) is 4.44. The van der Waals surface area contributed by atoms with Crippen LogP contribution in [0.1, 0.15) is 23.1 Å². The monoisotopic (exact) mass is 238 g/mol. The van der Waals surface area contributed by atoms with Gasteiger partial charge in [0.05, 0.1) is 22.7 Å². The van der Waals surface area contributed by atoms with Gasteiger partial charge in [0.1, 0.15) is 0 Å². The third-order valence-electron chi connectivity index (χ3n) is 1.99. The van der Waals surface area contributed by atoms with Crippen LogP contribution in [0.15, 0.2) is 16.3 Å². The molecule has 16 heavy (non-hydrogen) atoms. The molecule has 0 N–H and O–H groups in total. The smallest absolute Gasteiger partial charge is 0.361 e. The van der Waals surface area contributed by atoms with E-state index in [1.807, 2.05) is 6.92 Å². The van der Waals surface area contributed by atoms with Crippen LogP contribution in [0.4, 0.5) is 0 Å². The molecule has 0 amide bonds. The Balaban J connectivity index is 2.40. The van der Waals surface area contributed by atoms with Gasteiger partial charge in [-0.1, -0.05) is 0 Å². The molecule has 0 aliphatic carbocycles. The van der Waals surface area contributed by atoms with Crippen molar-refractivity contribution in [3.63, 3.8) is 0 Å². The second-order valence-electron chi connectivity index (χ2n) is 3.02. The van der Waals surface area contributed by atoms with Crippen molar-refractivity contribution in [2.45, 2.75) is 13.8 Å². The minimum Gasteiger partial charge on any atom is -0.461 e. The first-order chi connectivity index (χ1) is 7.74. The van der Waals surface area contributed by atoms with Crippen molar-refractivity contribution >= 4 is 17.3 Å². The quantitative estimate of drug-likeness (QED) is 0.767. The summed E-state index contributed by atoms with van der Waals surface area (Å²) in [4.78, 5) is 20.3. The number of nitrogens with zero attached hydrogens (tertiary/aromatic N) is 2. The summed E-state index contributed by atoms with van der Waals surface area (Å²) in [6.07, 6.45) is 1.24. The third kappa shape index (κ3) is 1.83. The molecule has 6 heteroatoms. The lowest BCUT2D eigenvalue weighted by atomic mass is 10.2. The minimum atomic E-state index is -0.473. The summed E-state index contributed by atoms with van der Waals surface area (Å²) in [7, 11) is 0. The maximum absolute atomic E-state index is 11.6. The lowest BCUT2D eigenvalue weighted by molar-refractivity contribution is 0.0520. The number of oxazole rings is 1. The predicted octanol–water partition coefficient (Wildman–Crippen LogP) is 2.28. The van der Waals surface area contributed by atoms with Crippen LogP contribution < -0.4 is 0 Å². The Bertz CT molecular complexity index is 504. The largest absolute Gasteiger partial charge is 0.461 e. The molecule has 84 valence electrons. The van der Waals surface area contributed by atoms with Gasteiger partial charge in [-0.25, -0.2) is 14.8 Å². The molecule has 0 aliphatic rings. The first-order valence-electron chi connectivity index (χ1n) is 4.75. The number of hydrogen-bond donors (Lipinski definition) is 0. The van der Waals surface area contributed by atoms with E-state index in [9.17, 15) is 4.79 Å². The minimum absolute atomic E-state index is 0.203. The molecule has 2 aromatic rings. The number of hydrogen-bond acceptors (Lipinski definition) is 6. The number of aryl methyl sites for hydroxylation is 1. The summed E-state index contributed by atoms with van der Waals surface area (Å²) < 4.78 is 10.1. The average molecular weight is 238 g/mol. The summed E-state index contributed by atoms with van der Waals surface area (Å²) in [5.41, 5.74) is 2.71. The lowest BCUT2D eigenvalue weighted by Crippen LogP contribution is -2.06. The molecular weight excluding hydrogens is 228 g/mol. The molecular formula is C10H10N2O3S. The lowest BCUT2D eigenvalue weighted by Gasteiger charge is -1.99. The van der Waals surface area contributed by atoms with E-state index < -0.39 is 5.97 Å². The normalized spacial score (nSPS) is 10.4. The second-order valence-corrected chi connectivity index (χ2v) is 3.87. The van der Waals surface area contributed by atoms with Crippen LogP contribution in [-0.4, -0.2) is 22.5 Å². The molecule has 0 saturated heterocycles. The summed E-state index contributed by atoms with van der Waals surface area (Å²) in [6, 6.07) is 0. The molecule has 0 fully saturated rings. The Hall–Kier alpha value is -1.69. The van der Waals surface area contributed by atoms with Crippen molar-refractivity contribution in [2.24, 2.45) is 0 Å². The van der Waals surface area contributed by atoms with Crippen LogP contribution >= 0.6 is 11.3 Å². The van der Waals surface area contributed by atoms with E-state index >= 15 is 0 Å². The topological polar surface area (TPSA) is 65.2 Å². The average Bonchev–Trinajstić information content (AvgIpc) is 2.85. The van der Waals surface area contributed by atoms with Gasteiger partial charge in [-0.3, -0.25) is 0 Å². The van der Waals surface area contributed by atoms with Crippen molar-refractivity contribution in [3.8, 4) is 10.6 Å². The highest BCUT2D eigenvalue weighted by atomic mass is 32.1. The van der Waals surface area contributed by atoms with Crippen LogP contribution in [-0.2, 0) is 4.74 Å². The number of rotatable bonds is 3. The van der Waals surface area contributed by atoms with Gasteiger partial charge in [0, 0.05) is 0 Å². The SMILES string of the molecule is CCOC(=O)c1ncoc1-c1scnc1C. The van der Waals surface area contributed by atoms with E-state index in [-0.39, 0.29) is 5.69 Å². The van der Waals surface area contributed by atoms with Crippen molar-refractivity contribution in [1.82, 2.24) is 9.97 Å². The van der Waals surface area contributed by atoms with E-state index in [0.29, 0.717) is 12.4 Å². The molecule has 0 atom stereocenters. The van der Waals surface area contributed by atoms with Crippen molar-refractivity contribution in [2.75, 3.05) is 6.61 Å². The Morgan fingerprint density at radius 2 is 2.38 bits per heavy atom. The van der Waals surface area contributed by atoms with Gasteiger partial charge < -0.3 is 9.15 Å². The van der Waals surface area contributed by atoms with Crippen LogP contribution in [0.25, 0.3) is 10.6 Å². The first kappa shape index (κ1) is 10.8. The zero-order valence-corrected chi connectivity index (χ0v) is 9.71. The Kier molecular flexibility index (Phi) is 3.00. The number of ether oxygens (including phenoxy) is 1. The van der Waals surface area contributed by atoms with Crippen molar-refractivity contribution < 1.29 is 13.9 Å². The van der Waals surface area contributed by atoms with Crippen LogP contribution in [0.2, 0.25) is 0 Å². The summed E-state index contributed by atoms with van der Waals surface area (Å²) in [5.74, 6) is -0.0440. The number of carbonyl (C=O) groups excluding carboxylic acids is 1. The van der Waals surface area contributed by atoms with E-state index in [4.69, 9.17) is 9.15 Å². The Morgan fingerprint density at radius 1 is 1.56 bits per heavy atom. The standard InChI is InChI=1S/C10H10N2O3S/c1-3-14-10(13)7-8(15-4-11-7)9-6(2)12-5-16-9/h4-5H,3H2,1-2H3. The highest BCUT2D eigenvalue weighted by Crippen LogP contribution is 2.29. The molecule has 2 aromatic heterocycles. The number of aromatic nitrogens is 2. The fraction of sp³-hybridized carbons (Fsp3) is 0.300. The number of carbonyl (C=O) groups is 1. The van der Waals surface area contributed by atoms with Crippen molar-refractivity contribution in [3.05, 3.63) is 23.3 Å². The third-order valence-corrected chi connectivity index (χ3v) is 2.92. The van der Waals surface area contributed by atoms with Gasteiger partial charge in [-0.05, 0) is 13.8 Å². The van der Waals surface area contributed by atoms with Gasteiger partial charge in [-0.2, -0.15) is 0 Å². The molecule has 0 spiro atoms. The molecule has 0 bridgehead atoms. The Morgan fingerprint density at radius 3 is 3.00 bits per heavy atom. The summed E-state index contributed by atoms with van der Waals surface area (Å²) >= 11 is 1.40. The van der Waals surface area contributed by atoms with E-state index in [2.05, 4.69) is 9.97 Å². The fourth-order valence-corrected chi connectivity index (χ4v) is 2.06. The summed E-state index contributed by atoms with van der Waals surface area (Å²) in [6.45, 7) is 3.91. The highest BCUT2D eigenvalue weighted by molar-refractivity contribution is 7.13. The molecule has 5 nitrogen and oxygen atoms in total. The predicted molar refractivity (Wildman–Crippen MR) is 58.3 cm³/mol. The fourth-order valence-electron chi connectivity index (χ4n) is 1.27. The van der Waals surface area contributed by atoms with E-state index in [1.165, 1.54) is 17.7 Å². The maximum Gasteiger partial charge on any atom is 0.361 e. The molecule has 0 aliphatic heterocycles. The van der Waals surface area contributed by atoms with Crippen LogP contribution in [0.5, 0.6) is 0 Å². The highest BCUT2D eigenvalue weighted by Gasteiger charge is 2.21. The molecule has 0 saturated carbocycles. The van der Waals surface area contributed by atoms with Gasteiger partial charge in [-0.15, -0.1) is 11.3 Å². The van der Waals surface area contributed by atoms with Crippen LogP contribution in [0.3, 0.4) is 0 Å². The van der Waals surface area contributed by atoms with E-state index in [1.54, 1.807) is 12.4 Å². The van der Waals surface area contributed by atoms with Gasteiger partial charge in [0.15, 0.2) is 17.8 Å². The van der Waals surface area contributed by atoms with Gasteiger partial charge >= 0.3 is 5.97 Å².